The Labute approximate surface area is 128 Å². The molecule has 0 spiro atoms. The van der Waals surface area contributed by atoms with Crippen LogP contribution in [0.4, 0.5) is 0 Å². The lowest BCUT2D eigenvalue weighted by atomic mass is 9.91. The zero-order valence-corrected chi connectivity index (χ0v) is 13.7. The van der Waals surface area contributed by atoms with Crippen molar-refractivity contribution in [2.45, 2.75) is 52.1 Å². The molecule has 1 aromatic carbocycles. The van der Waals surface area contributed by atoms with Crippen LogP contribution in [-0.2, 0) is 11.2 Å². The van der Waals surface area contributed by atoms with E-state index in [9.17, 15) is 4.79 Å². The van der Waals surface area contributed by atoms with E-state index in [-0.39, 0.29) is 12.0 Å². The predicted molar refractivity (Wildman–Crippen MR) is 87.3 cm³/mol. The van der Waals surface area contributed by atoms with Crippen LogP contribution >= 0.6 is 0 Å². The van der Waals surface area contributed by atoms with Crippen molar-refractivity contribution in [2.75, 3.05) is 13.6 Å². The molecule has 1 heterocycles. The van der Waals surface area contributed by atoms with E-state index in [1.165, 1.54) is 11.1 Å². The number of nitrogens with one attached hydrogen (secondary N) is 1. The third-order valence-electron chi connectivity index (χ3n) is 4.63. The van der Waals surface area contributed by atoms with Crippen LogP contribution in [-0.4, -0.2) is 36.5 Å². The third kappa shape index (κ3) is 4.31. The molecule has 1 N–H and O–H groups in total. The Balaban J connectivity index is 1.93. The highest BCUT2D eigenvalue weighted by Gasteiger charge is 2.28. The molecular weight excluding hydrogens is 260 g/mol. The number of likely N-dealkylation sites (N-methyl/N-ethyl adjacent to an activating group) is 1. The molecule has 0 bridgehead atoms. The van der Waals surface area contributed by atoms with Gasteiger partial charge < -0.3 is 10.2 Å². The second-order valence-electron chi connectivity index (χ2n) is 6.56. The molecule has 1 unspecified atom stereocenters. The summed E-state index contributed by atoms with van der Waals surface area (Å²) in [6.45, 7) is 7.36. The average molecular weight is 288 g/mol. The van der Waals surface area contributed by atoms with E-state index in [1.807, 2.05) is 11.9 Å². The number of carbonyl (C=O) groups is 1. The Hall–Kier alpha value is -1.35. The van der Waals surface area contributed by atoms with Crippen LogP contribution in [0.2, 0.25) is 0 Å². The van der Waals surface area contributed by atoms with Gasteiger partial charge in [0.05, 0.1) is 0 Å². The minimum Gasteiger partial charge on any atom is -0.342 e. The van der Waals surface area contributed by atoms with Crippen LogP contribution < -0.4 is 5.32 Å². The molecule has 21 heavy (non-hydrogen) atoms. The summed E-state index contributed by atoms with van der Waals surface area (Å²) in [7, 11) is 1.95. The number of hydrogen-bond acceptors (Lipinski definition) is 2. The summed E-state index contributed by atoms with van der Waals surface area (Å²) >= 11 is 0. The number of amides is 1. The van der Waals surface area contributed by atoms with E-state index in [4.69, 9.17) is 0 Å². The number of nitrogens with zero attached hydrogens (tertiary/aromatic N) is 1. The number of rotatable bonds is 4. The monoisotopic (exact) mass is 288 g/mol. The molecule has 1 aliphatic heterocycles. The predicted octanol–water partition coefficient (Wildman–Crippen LogP) is 2.77. The molecule has 0 radical (unpaired) electrons. The first-order valence-electron chi connectivity index (χ1n) is 8.03. The fourth-order valence-corrected chi connectivity index (χ4v) is 3.06. The summed E-state index contributed by atoms with van der Waals surface area (Å²) in [6, 6.07) is 9.29. The van der Waals surface area contributed by atoms with Gasteiger partial charge in [0.15, 0.2) is 0 Å². The second-order valence-corrected chi connectivity index (χ2v) is 6.56. The van der Waals surface area contributed by atoms with Crippen LogP contribution in [0.15, 0.2) is 24.3 Å². The lowest BCUT2D eigenvalue weighted by molar-refractivity contribution is -0.137. The topological polar surface area (TPSA) is 32.3 Å². The lowest BCUT2D eigenvalue weighted by Gasteiger charge is -2.33. The first kappa shape index (κ1) is 16.0. The molecule has 0 saturated carbocycles. The van der Waals surface area contributed by atoms with E-state index >= 15 is 0 Å². The van der Waals surface area contributed by atoms with Gasteiger partial charge in [-0.15, -0.1) is 0 Å². The summed E-state index contributed by atoms with van der Waals surface area (Å²) in [5.41, 5.74) is 2.57. The molecular formula is C18H28N2O. The zero-order valence-electron chi connectivity index (χ0n) is 13.7. The van der Waals surface area contributed by atoms with Crippen molar-refractivity contribution in [1.82, 2.24) is 10.2 Å². The molecule has 1 saturated heterocycles. The van der Waals surface area contributed by atoms with E-state index in [0.29, 0.717) is 11.9 Å². The Morgan fingerprint density at radius 3 is 2.67 bits per heavy atom. The molecule has 0 aliphatic carbocycles. The fourth-order valence-electron chi connectivity index (χ4n) is 3.06. The standard InChI is InChI=1S/C18H28N2O/c1-13-5-7-16(8-6-13)12-15(3)20(4)18(21)17-9-10-19-14(2)11-17/h5-8,14-15,17,19H,9-12H2,1-4H3/t14-,15?,17-/m0/s1. The summed E-state index contributed by atoms with van der Waals surface area (Å²) in [5, 5.41) is 3.41. The molecule has 1 aromatic rings. The Bertz CT molecular complexity index is 469. The molecule has 116 valence electrons. The molecule has 1 amide bonds. The van der Waals surface area contributed by atoms with Crippen molar-refractivity contribution in [1.29, 1.82) is 0 Å². The fraction of sp³-hybridized carbons (Fsp3) is 0.611. The number of carbonyl (C=O) groups excluding carboxylic acids is 1. The van der Waals surface area contributed by atoms with Gasteiger partial charge in [-0.05, 0) is 52.1 Å². The maximum absolute atomic E-state index is 12.6. The Morgan fingerprint density at radius 1 is 1.38 bits per heavy atom. The molecule has 1 fully saturated rings. The quantitative estimate of drug-likeness (QED) is 0.924. The molecule has 3 atom stereocenters. The lowest BCUT2D eigenvalue weighted by Crippen LogP contribution is -2.45. The van der Waals surface area contributed by atoms with Crippen molar-refractivity contribution in [3.05, 3.63) is 35.4 Å². The first-order valence-corrected chi connectivity index (χ1v) is 8.03. The minimum atomic E-state index is 0.187. The van der Waals surface area contributed by atoms with Crippen LogP contribution in [0.25, 0.3) is 0 Å². The van der Waals surface area contributed by atoms with Gasteiger partial charge in [-0.3, -0.25) is 4.79 Å². The minimum absolute atomic E-state index is 0.187. The Kier molecular flexibility index (Phi) is 5.40. The van der Waals surface area contributed by atoms with Gasteiger partial charge in [0.25, 0.3) is 0 Å². The van der Waals surface area contributed by atoms with Crippen LogP contribution in [0.5, 0.6) is 0 Å². The average Bonchev–Trinajstić information content (AvgIpc) is 2.48. The molecule has 2 rings (SSSR count). The number of benzene rings is 1. The molecule has 3 heteroatoms. The van der Waals surface area contributed by atoms with Crippen molar-refractivity contribution in [3.8, 4) is 0 Å². The summed E-state index contributed by atoms with van der Waals surface area (Å²) in [5.74, 6) is 0.495. The van der Waals surface area contributed by atoms with Crippen LogP contribution in [0.3, 0.4) is 0 Å². The molecule has 1 aliphatic rings. The van der Waals surface area contributed by atoms with Gasteiger partial charge >= 0.3 is 0 Å². The summed E-state index contributed by atoms with van der Waals surface area (Å²) in [6.07, 6.45) is 2.84. The van der Waals surface area contributed by atoms with Gasteiger partial charge in [0.1, 0.15) is 0 Å². The van der Waals surface area contributed by atoms with E-state index < -0.39 is 0 Å². The maximum atomic E-state index is 12.6. The number of aryl methyl sites for hydroxylation is 1. The first-order chi connectivity index (χ1) is 9.97. The van der Waals surface area contributed by atoms with E-state index in [0.717, 1.165) is 25.8 Å². The van der Waals surface area contributed by atoms with Crippen LogP contribution in [0.1, 0.15) is 37.8 Å². The Morgan fingerprint density at radius 2 is 2.05 bits per heavy atom. The largest absolute Gasteiger partial charge is 0.342 e. The summed E-state index contributed by atoms with van der Waals surface area (Å²) in [4.78, 5) is 14.6. The highest BCUT2D eigenvalue weighted by molar-refractivity contribution is 5.79. The van der Waals surface area contributed by atoms with Gasteiger partial charge in [0, 0.05) is 25.0 Å². The van der Waals surface area contributed by atoms with Crippen molar-refractivity contribution >= 4 is 5.91 Å². The SMILES string of the molecule is Cc1ccc(CC(C)N(C)C(=O)[C@H]2CCN[C@@H](C)C2)cc1. The highest BCUT2D eigenvalue weighted by atomic mass is 16.2. The van der Waals surface area contributed by atoms with Gasteiger partial charge in [-0.25, -0.2) is 0 Å². The summed E-state index contributed by atoms with van der Waals surface area (Å²) < 4.78 is 0. The van der Waals surface area contributed by atoms with E-state index in [1.54, 1.807) is 0 Å². The maximum Gasteiger partial charge on any atom is 0.225 e. The number of piperidine rings is 1. The number of hydrogen-bond donors (Lipinski definition) is 1. The van der Waals surface area contributed by atoms with Crippen molar-refractivity contribution in [3.63, 3.8) is 0 Å². The van der Waals surface area contributed by atoms with E-state index in [2.05, 4.69) is 50.4 Å². The highest BCUT2D eigenvalue weighted by Crippen LogP contribution is 2.20. The molecule has 0 aromatic heterocycles. The van der Waals surface area contributed by atoms with Gasteiger partial charge in [-0.2, -0.15) is 0 Å². The van der Waals surface area contributed by atoms with Gasteiger partial charge in [-0.1, -0.05) is 29.8 Å². The smallest absolute Gasteiger partial charge is 0.225 e. The molecule has 3 nitrogen and oxygen atoms in total. The van der Waals surface area contributed by atoms with Crippen molar-refractivity contribution < 1.29 is 4.79 Å². The third-order valence-corrected chi connectivity index (χ3v) is 4.63. The van der Waals surface area contributed by atoms with Crippen LogP contribution in [0, 0.1) is 12.8 Å². The zero-order chi connectivity index (χ0) is 15.4. The second kappa shape index (κ2) is 7.08. The van der Waals surface area contributed by atoms with Crippen molar-refractivity contribution in [2.24, 2.45) is 5.92 Å². The van der Waals surface area contributed by atoms with Gasteiger partial charge in [0.2, 0.25) is 5.91 Å². The normalized spacial score (nSPS) is 23.6.